The van der Waals surface area contributed by atoms with E-state index in [0.717, 1.165) is 11.8 Å². The van der Waals surface area contributed by atoms with Crippen LogP contribution in [0, 0.1) is 0 Å². The average Bonchev–Trinajstić information content (AvgIpc) is 3.34. The van der Waals surface area contributed by atoms with E-state index >= 15 is 0 Å². The van der Waals surface area contributed by atoms with Gasteiger partial charge in [0.1, 0.15) is 21.5 Å². The Hall–Kier alpha value is -2.95. The fourth-order valence-corrected chi connectivity index (χ4v) is 4.33. The van der Waals surface area contributed by atoms with Crippen molar-refractivity contribution in [3.63, 3.8) is 0 Å². The standard InChI is InChI=1S/C20H18N4O4S2/c1-22(8-9-25)17-14(18(26)23-7-3-2-6-16(23)21-17)11-15-19(27)24(20(29)30-15)12-13-5-4-10-28-13/h2-7,10-11,25H,8-9,12H2,1H3/b15-11+. The molecular formula is C20H18N4O4S2. The van der Waals surface area contributed by atoms with Crippen LogP contribution in [0.4, 0.5) is 5.82 Å². The van der Waals surface area contributed by atoms with Gasteiger partial charge in [-0.2, -0.15) is 0 Å². The van der Waals surface area contributed by atoms with Crippen LogP contribution in [0.15, 0.2) is 56.9 Å². The molecule has 1 aliphatic heterocycles. The predicted octanol–water partition coefficient (Wildman–Crippen LogP) is 2.12. The van der Waals surface area contributed by atoms with Crippen LogP contribution in [0.25, 0.3) is 11.7 Å². The number of aliphatic hydroxyl groups excluding tert-OH is 1. The first-order valence-corrected chi connectivity index (χ1v) is 10.3. The maximum absolute atomic E-state index is 13.2. The molecule has 1 fully saturated rings. The van der Waals surface area contributed by atoms with Gasteiger partial charge < -0.3 is 14.4 Å². The zero-order valence-corrected chi connectivity index (χ0v) is 17.7. The molecule has 3 aromatic heterocycles. The van der Waals surface area contributed by atoms with E-state index in [4.69, 9.17) is 16.6 Å². The van der Waals surface area contributed by atoms with E-state index in [0.29, 0.717) is 26.5 Å². The van der Waals surface area contributed by atoms with E-state index in [2.05, 4.69) is 4.98 Å². The molecule has 1 amide bonds. The molecular weight excluding hydrogens is 424 g/mol. The minimum atomic E-state index is -0.309. The third-order valence-electron chi connectivity index (χ3n) is 4.59. The van der Waals surface area contributed by atoms with Crippen molar-refractivity contribution in [3.8, 4) is 0 Å². The van der Waals surface area contributed by atoms with Gasteiger partial charge in [0.25, 0.3) is 11.5 Å². The quantitative estimate of drug-likeness (QED) is 0.459. The van der Waals surface area contributed by atoms with Crippen LogP contribution in [0.3, 0.4) is 0 Å². The van der Waals surface area contributed by atoms with Gasteiger partial charge in [-0.05, 0) is 30.3 Å². The van der Waals surface area contributed by atoms with E-state index in [9.17, 15) is 14.7 Å². The SMILES string of the molecule is CN(CCO)c1nc2ccccn2c(=O)c1/C=C1/SC(=S)N(Cc2ccco2)C1=O. The van der Waals surface area contributed by atoms with E-state index in [1.165, 1.54) is 21.6 Å². The summed E-state index contributed by atoms with van der Waals surface area (Å²) in [5.41, 5.74) is 0.426. The molecule has 0 aliphatic carbocycles. The average molecular weight is 443 g/mol. The number of likely N-dealkylation sites (N-methyl/N-ethyl adjacent to an activating group) is 1. The van der Waals surface area contributed by atoms with Crippen LogP contribution >= 0.6 is 24.0 Å². The van der Waals surface area contributed by atoms with Gasteiger partial charge in [-0.1, -0.05) is 30.0 Å². The Balaban J connectivity index is 1.78. The van der Waals surface area contributed by atoms with Gasteiger partial charge in [0.15, 0.2) is 0 Å². The van der Waals surface area contributed by atoms with Crippen molar-refractivity contribution in [2.75, 3.05) is 25.1 Å². The van der Waals surface area contributed by atoms with Crippen molar-refractivity contribution < 1.29 is 14.3 Å². The summed E-state index contributed by atoms with van der Waals surface area (Å²) in [6.07, 6.45) is 4.69. The first-order valence-electron chi connectivity index (χ1n) is 9.10. The molecule has 1 saturated heterocycles. The molecule has 3 aromatic rings. The molecule has 0 atom stereocenters. The fourth-order valence-electron chi connectivity index (χ4n) is 3.09. The Labute approximate surface area is 181 Å². The minimum absolute atomic E-state index is 0.100. The maximum atomic E-state index is 13.2. The van der Waals surface area contributed by atoms with Crippen molar-refractivity contribution in [3.05, 3.63) is 69.4 Å². The van der Waals surface area contributed by atoms with Crippen LogP contribution < -0.4 is 10.5 Å². The molecule has 0 radical (unpaired) electrons. The second kappa shape index (κ2) is 8.42. The normalized spacial score (nSPS) is 15.5. The van der Waals surface area contributed by atoms with Crippen molar-refractivity contribution in [1.82, 2.24) is 14.3 Å². The first-order chi connectivity index (χ1) is 14.5. The summed E-state index contributed by atoms with van der Waals surface area (Å²) in [6.45, 7) is 0.411. The third kappa shape index (κ3) is 3.76. The van der Waals surface area contributed by atoms with Crippen LogP contribution in [-0.2, 0) is 11.3 Å². The van der Waals surface area contributed by atoms with Crippen LogP contribution in [0.2, 0.25) is 0 Å². The summed E-state index contributed by atoms with van der Waals surface area (Å²) in [7, 11) is 1.73. The number of hydrogen-bond acceptors (Lipinski definition) is 8. The highest BCUT2D eigenvalue weighted by atomic mass is 32.2. The van der Waals surface area contributed by atoms with Crippen molar-refractivity contribution >= 4 is 51.7 Å². The lowest BCUT2D eigenvalue weighted by atomic mass is 10.2. The Kier molecular flexibility index (Phi) is 5.71. The van der Waals surface area contributed by atoms with Gasteiger partial charge in [0.2, 0.25) is 0 Å². The number of pyridine rings is 1. The van der Waals surface area contributed by atoms with E-state index in [-0.39, 0.29) is 36.7 Å². The van der Waals surface area contributed by atoms with Crippen molar-refractivity contribution in [1.29, 1.82) is 0 Å². The van der Waals surface area contributed by atoms with Gasteiger partial charge in [-0.25, -0.2) is 4.98 Å². The number of carbonyl (C=O) groups excluding carboxylic acids is 1. The maximum Gasteiger partial charge on any atom is 0.267 e. The monoisotopic (exact) mass is 442 g/mol. The van der Waals surface area contributed by atoms with E-state index < -0.39 is 0 Å². The number of rotatable bonds is 6. The van der Waals surface area contributed by atoms with Gasteiger partial charge in [0.05, 0.1) is 29.9 Å². The second-order valence-electron chi connectivity index (χ2n) is 6.58. The Morgan fingerprint density at radius 3 is 2.87 bits per heavy atom. The summed E-state index contributed by atoms with van der Waals surface area (Å²) in [6, 6.07) is 8.76. The number of nitrogens with zero attached hydrogens (tertiary/aromatic N) is 4. The van der Waals surface area contributed by atoms with Crippen LogP contribution in [0.5, 0.6) is 0 Å². The lowest BCUT2D eigenvalue weighted by Crippen LogP contribution is -2.29. The molecule has 8 nitrogen and oxygen atoms in total. The smallest absolute Gasteiger partial charge is 0.267 e. The van der Waals surface area contributed by atoms with Crippen LogP contribution in [-0.4, -0.2) is 49.8 Å². The molecule has 0 aromatic carbocycles. The molecule has 0 spiro atoms. The molecule has 10 heteroatoms. The summed E-state index contributed by atoms with van der Waals surface area (Å²) in [5, 5.41) is 9.33. The number of amides is 1. The minimum Gasteiger partial charge on any atom is -0.467 e. The molecule has 1 aliphatic rings. The summed E-state index contributed by atoms with van der Waals surface area (Å²) < 4.78 is 7.13. The zero-order valence-electron chi connectivity index (χ0n) is 16.0. The molecule has 0 saturated carbocycles. The first kappa shape index (κ1) is 20.3. The van der Waals surface area contributed by atoms with Gasteiger partial charge in [-0.15, -0.1) is 0 Å². The number of fused-ring (bicyclic) bond motifs is 1. The highest BCUT2D eigenvalue weighted by Gasteiger charge is 2.33. The highest BCUT2D eigenvalue weighted by Crippen LogP contribution is 2.34. The number of aliphatic hydroxyl groups is 1. The number of aromatic nitrogens is 2. The lowest BCUT2D eigenvalue weighted by Gasteiger charge is -2.19. The van der Waals surface area contributed by atoms with Gasteiger partial charge >= 0.3 is 0 Å². The molecule has 1 N–H and O–H groups in total. The largest absolute Gasteiger partial charge is 0.467 e. The van der Waals surface area contributed by atoms with Gasteiger partial charge in [-0.3, -0.25) is 18.9 Å². The molecule has 154 valence electrons. The molecule has 4 rings (SSSR count). The highest BCUT2D eigenvalue weighted by molar-refractivity contribution is 8.26. The Bertz CT molecular complexity index is 1200. The van der Waals surface area contributed by atoms with Gasteiger partial charge in [0, 0.05) is 19.8 Å². The fraction of sp³-hybridized carbons (Fsp3) is 0.200. The predicted molar refractivity (Wildman–Crippen MR) is 119 cm³/mol. The zero-order chi connectivity index (χ0) is 21.3. The number of thiocarbonyl (C=S) groups is 1. The number of thioether (sulfide) groups is 1. The molecule has 4 heterocycles. The summed E-state index contributed by atoms with van der Waals surface area (Å²) in [5.74, 6) is 0.703. The number of hydrogen-bond donors (Lipinski definition) is 1. The van der Waals surface area contributed by atoms with Crippen molar-refractivity contribution in [2.45, 2.75) is 6.54 Å². The summed E-state index contributed by atoms with van der Waals surface area (Å²) in [4.78, 5) is 34.2. The van der Waals surface area contributed by atoms with Crippen molar-refractivity contribution in [2.24, 2.45) is 0 Å². The Morgan fingerprint density at radius 1 is 1.30 bits per heavy atom. The molecule has 0 unspecified atom stereocenters. The second-order valence-corrected chi connectivity index (χ2v) is 8.25. The number of anilines is 1. The number of carbonyl (C=O) groups is 1. The lowest BCUT2D eigenvalue weighted by molar-refractivity contribution is -0.122. The number of furan rings is 1. The third-order valence-corrected chi connectivity index (χ3v) is 5.97. The van der Waals surface area contributed by atoms with E-state index in [1.807, 2.05) is 0 Å². The van der Waals surface area contributed by atoms with Crippen LogP contribution in [0.1, 0.15) is 11.3 Å². The van der Waals surface area contributed by atoms with E-state index in [1.54, 1.807) is 48.5 Å². The topological polar surface area (TPSA) is 91.3 Å². The summed E-state index contributed by atoms with van der Waals surface area (Å²) >= 11 is 6.49. The molecule has 30 heavy (non-hydrogen) atoms. The Morgan fingerprint density at radius 2 is 2.13 bits per heavy atom. The molecule has 0 bridgehead atoms.